The first-order valence-electron chi connectivity index (χ1n) is 7.01. The van der Waals surface area contributed by atoms with Crippen LogP contribution in [0.25, 0.3) is 0 Å². The summed E-state index contributed by atoms with van der Waals surface area (Å²) >= 11 is 0. The summed E-state index contributed by atoms with van der Waals surface area (Å²) in [4.78, 5) is 34.3. The van der Waals surface area contributed by atoms with Crippen molar-refractivity contribution in [1.82, 2.24) is 4.57 Å². The molecule has 23 heavy (non-hydrogen) atoms. The third-order valence-electron chi connectivity index (χ3n) is 3.38. The molecule has 2 aromatic rings. The molecule has 0 bridgehead atoms. The molecule has 0 aliphatic heterocycles. The first kappa shape index (κ1) is 16.4. The number of pyridine rings is 1. The Kier molecular flexibility index (Phi) is 4.59. The fourth-order valence-electron chi connectivity index (χ4n) is 2.39. The number of anilines is 1. The predicted molar refractivity (Wildman–Crippen MR) is 86.6 cm³/mol. The zero-order valence-electron chi connectivity index (χ0n) is 13.1. The van der Waals surface area contributed by atoms with Crippen molar-refractivity contribution in [3.63, 3.8) is 0 Å². The van der Waals surface area contributed by atoms with Crippen LogP contribution in [0.15, 0.2) is 35.1 Å². The van der Waals surface area contributed by atoms with Crippen LogP contribution in [0.5, 0.6) is 0 Å². The number of carbonyl (C=O) groups is 1. The average Bonchev–Trinajstić information content (AvgIpc) is 2.41. The Morgan fingerprint density at radius 1 is 1.17 bits per heavy atom. The quantitative estimate of drug-likeness (QED) is 0.692. The Morgan fingerprint density at radius 2 is 1.78 bits per heavy atom. The Labute approximate surface area is 132 Å². The molecular weight excluding hydrogens is 298 g/mol. The molecule has 0 saturated heterocycles. The van der Waals surface area contributed by atoms with Crippen molar-refractivity contribution in [1.29, 1.82) is 0 Å². The molecule has 7 heteroatoms. The SMILES string of the molecule is Cc1cc(C)cc(NC(=O)Cn2c(C)ccc([N+](=O)[O-])c2=O)c1. The number of nitrogens with zero attached hydrogens (tertiary/aromatic N) is 2. The number of aromatic nitrogens is 1. The zero-order valence-corrected chi connectivity index (χ0v) is 13.1. The van der Waals surface area contributed by atoms with Crippen LogP contribution in [0.2, 0.25) is 0 Å². The lowest BCUT2D eigenvalue weighted by Crippen LogP contribution is -2.30. The molecule has 0 aliphatic rings. The van der Waals surface area contributed by atoms with Gasteiger partial charge in [-0.15, -0.1) is 0 Å². The standard InChI is InChI=1S/C16H17N3O4/c1-10-6-11(2)8-13(7-10)17-15(20)9-18-12(3)4-5-14(16(18)21)19(22)23/h4-8H,9H2,1-3H3,(H,17,20). The van der Waals surface area contributed by atoms with E-state index in [1.165, 1.54) is 6.07 Å². The van der Waals surface area contributed by atoms with E-state index in [1.54, 1.807) is 6.92 Å². The average molecular weight is 315 g/mol. The van der Waals surface area contributed by atoms with Gasteiger partial charge < -0.3 is 5.32 Å². The summed E-state index contributed by atoms with van der Waals surface area (Å²) in [5, 5.41) is 13.5. The molecule has 2 rings (SSSR count). The summed E-state index contributed by atoms with van der Waals surface area (Å²) in [6, 6.07) is 8.20. The van der Waals surface area contributed by atoms with E-state index in [2.05, 4.69) is 5.32 Å². The molecule has 120 valence electrons. The predicted octanol–water partition coefficient (Wildman–Crippen LogP) is 2.32. The molecular formula is C16H17N3O4. The van der Waals surface area contributed by atoms with Crippen molar-refractivity contribution in [3.05, 3.63) is 67.6 Å². The van der Waals surface area contributed by atoms with Crippen molar-refractivity contribution >= 4 is 17.3 Å². The molecule has 0 unspecified atom stereocenters. The number of aryl methyl sites for hydroxylation is 3. The molecule has 1 aromatic heterocycles. The van der Waals surface area contributed by atoms with E-state index in [1.807, 2.05) is 32.0 Å². The maximum absolute atomic E-state index is 12.1. The van der Waals surface area contributed by atoms with Gasteiger partial charge in [-0.1, -0.05) is 6.07 Å². The summed E-state index contributed by atoms with van der Waals surface area (Å²) in [5.41, 5.74) is 1.79. The Bertz CT molecular complexity index is 819. The third-order valence-corrected chi connectivity index (χ3v) is 3.38. The minimum atomic E-state index is -0.787. The van der Waals surface area contributed by atoms with Crippen LogP contribution >= 0.6 is 0 Å². The van der Waals surface area contributed by atoms with E-state index >= 15 is 0 Å². The highest BCUT2D eigenvalue weighted by atomic mass is 16.6. The van der Waals surface area contributed by atoms with E-state index in [0.717, 1.165) is 21.8 Å². The Hall–Kier alpha value is -2.96. The van der Waals surface area contributed by atoms with Gasteiger partial charge in [-0.3, -0.25) is 24.3 Å². The second-order valence-corrected chi connectivity index (χ2v) is 5.43. The van der Waals surface area contributed by atoms with Crippen LogP contribution < -0.4 is 10.9 Å². The van der Waals surface area contributed by atoms with Gasteiger partial charge in [0.1, 0.15) is 6.54 Å². The second-order valence-electron chi connectivity index (χ2n) is 5.43. The molecule has 0 atom stereocenters. The molecule has 0 fully saturated rings. The monoisotopic (exact) mass is 315 g/mol. The third kappa shape index (κ3) is 3.82. The smallest absolute Gasteiger partial charge is 0.325 e. The van der Waals surface area contributed by atoms with Crippen molar-refractivity contribution in [2.24, 2.45) is 0 Å². The highest BCUT2D eigenvalue weighted by Gasteiger charge is 2.17. The number of nitrogens with one attached hydrogen (secondary N) is 1. The van der Waals surface area contributed by atoms with Gasteiger partial charge in [0, 0.05) is 17.4 Å². The number of carbonyl (C=O) groups excluding carboxylic acids is 1. The Morgan fingerprint density at radius 3 is 2.35 bits per heavy atom. The van der Waals surface area contributed by atoms with E-state index < -0.39 is 22.1 Å². The van der Waals surface area contributed by atoms with Crippen molar-refractivity contribution in [3.8, 4) is 0 Å². The molecule has 1 amide bonds. The van der Waals surface area contributed by atoms with Gasteiger partial charge in [0.05, 0.1) is 4.92 Å². The number of nitro groups is 1. The number of benzene rings is 1. The summed E-state index contributed by atoms with van der Waals surface area (Å²) in [6.45, 7) is 5.17. The minimum absolute atomic E-state index is 0.278. The summed E-state index contributed by atoms with van der Waals surface area (Å²) < 4.78 is 1.09. The van der Waals surface area contributed by atoms with E-state index in [4.69, 9.17) is 0 Å². The van der Waals surface area contributed by atoms with Crippen LogP contribution in [-0.2, 0) is 11.3 Å². The van der Waals surface area contributed by atoms with Crippen molar-refractivity contribution in [2.75, 3.05) is 5.32 Å². The van der Waals surface area contributed by atoms with Crippen LogP contribution in [0, 0.1) is 30.9 Å². The minimum Gasteiger partial charge on any atom is -0.325 e. The first-order chi connectivity index (χ1) is 10.8. The van der Waals surface area contributed by atoms with Gasteiger partial charge >= 0.3 is 11.2 Å². The van der Waals surface area contributed by atoms with E-state index in [9.17, 15) is 19.7 Å². The fourth-order valence-corrected chi connectivity index (χ4v) is 2.39. The summed E-state index contributed by atoms with van der Waals surface area (Å²) in [6.07, 6.45) is 0. The van der Waals surface area contributed by atoms with Gasteiger partial charge in [-0.05, 0) is 50.1 Å². The molecule has 7 nitrogen and oxygen atoms in total. The molecule has 0 aliphatic carbocycles. The zero-order chi connectivity index (χ0) is 17.1. The van der Waals surface area contributed by atoms with Crippen LogP contribution in [0.1, 0.15) is 16.8 Å². The lowest BCUT2D eigenvalue weighted by Gasteiger charge is -2.11. The molecule has 0 saturated carbocycles. The fraction of sp³-hybridized carbons (Fsp3) is 0.250. The number of hydrogen-bond acceptors (Lipinski definition) is 4. The van der Waals surface area contributed by atoms with Crippen LogP contribution in [0.4, 0.5) is 11.4 Å². The van der Waals surface area contributed by atoms with Gasteiger partial charge in [-0.25, -0.2) is 0 Å². The molecule has 1 aromatic carbocycles. The van der Waals surface area contributed by atoms with Gasteiger partial charge in [0.2, 0.25) is 5.91 Å². The largest absolute Gasteiger partial charge is 0.334 e. The van der Waals surface area contributed by atoms with Crippen LogP contribution in [0.3, 0.4) is 0 Å². The first-order valence-corrected chi connectivity index (χ1v) is 7.01. The normalized spacial score (nSPS) is 10.4. The summed E-state index contributed by atoms with van der Waals surface area (Å²) in [7, 11) is 0. The van der Waals surface area contributed by atoms with E-state index in [-0.39, 0.29) is 6.54 Å². The molecule has 1 N–H and O–H groups in total. The lowest BCUT2D eigenvalue weighted by atomic mass is 10.1. The van der Waals surface area contributed by atoms with Gasteiger partial charge in [-0.2, -0.15) is 0 Å². The highest BCUT2D eigenvalue weighted by molar-refractivity contribution is 5.90. The summed E-state index contributed by atoms with van der Waals surface area (Å²) in [5.74, 6) is -0.416. The van der Waals surface area contributed by atoms with Crippen LogP contribution in [-0.4, -0.2) is 15.4 Å². The van der Waals surface area contributed by atoms with Gasteiger partial charge in [0.15, 0.2) is 0 Å². The number of amides is 1. The maximum Gasteiger partial charge on any atom is 0.334 e. The number of rotatable bonds is 4. The number of hydrogen-bond donors (Lipinski definition) is 1. The molecule has 0 radical (unpaired) electrons. The molecule has 1 heterocycles. The lowest BCUT2D eigenvalue weighted by molar-refractivity contribution is -0.386. The topological polar surface area (TPSA) is 94.2 Å². The second kappa shape index (κ2) is 6.43. The van der Waals surface area contributed by atoms with Crippen molar-refractivity contribution < 1.29 is 9.72 Å². The highest BCUT2D eigenvalue weighted by Crippen LogP contribution is 2.14. The van der Waals surface area contributed by atoms with E-state index in [0.29, 0.717) is 11.4 Å². The molecule has 0 spiro atoms. The van der Waals surface area contributed by atoms with Gasteiger partial charge in [0.25, 0.3) is 0 Å². The van der Waals surface area contributed by atoms with Crippen molar-refractivity contribution in [2.45, 2.75) is 27.3 Å². The maximum atomic E-state index is 12.1. The Balaban J connectivity index is 2.25.